The van der Waals surface area contributed by atoms with Crippen LogP contribution in [0.3, 0.4) is 0 Å². The summed E-state index contributed by atoms with van der Waals surface area (Å²) in [6, 6.07) is 0.0431. The van der Waals surface area contributed by atoms with Crippen molar-refractivity contribution in [3.8, 4) is 0 Å². The topological polar surface area (TPSA) is 136 Å². The first-order chi connectivity index (χ1) is 13.3. The van der Waals surface area contributed by atoms with Gasteiger partial charge in [0, 0.05) is 46.7 Å². The Balaban J connectivity index is 1.62. The molecule has 0 aromatic heterocycles. The SMILES string of the molecule is C[C@@H](O)[C@H]1C(=O)N2C(C(=O)O)=C(S[C@@H]3CN[C@H](CSCC(O)CN)C3)[C@H](C)[C@H]12. The minimum absolute atomic E-state index is 0.0910. The van der Waals surface area contributed by atoms with Crippen LogP contribution in [-0.2, 0) is 9.59 Å². The molecule has 28 heavy (non-hydrogen) atoms. The van der Waals surface area contributed by atoms with E-state index in [1.807, 2.05) is 6.92 Å². The molecule has 8 nitrogen and oxygen atoms in total. The molecule has 2 saturated heterocycles. The summed E-state index contributed by atoms with van der Waals surface area (Å²) in [4.78, 5) is 26.4. The van der Waals surface area contributed by atoms with Gasteiger partial charge < -0.3 is 31.3 Å². The number of carbonyl (C=O) groups is 2. The van der Waals surface area contributed by atoms with E-state index in [9.17, 15) is 24.9 Å². The summed E-state index contributed by atoms with van der Waals surface area (Å²) in [5, 5.41) is 32.9. The van der Waals surface area contributed by atoms with E-state index in [-0.39, 0.29) is 35.4 Å². The van der Waals surface area contributed by atoms with Crippen molar-refractivity contribution in [2.24, 2.45) is 17.6 Å². The second-order valence-electron chi connectivity index (χ2n) is 7.78. The highest BCUT2D eigenvalue weighted by Gasteiger charge is 2.60. The van der Waals surface area contributed by atoms with Gasteiger partial charge in [-0.25, -0.2) is 4.79 Å². The Morgan fingerprint density at radius 3 is 2.75 bits per heavy atom. The standard InChI is InChI=1S/C18H29N3O5S2/c1-8-14-13(9(2)22)17(24)21(14)15(18(25)26)16(8)28-12-3-10(20-5-12)6-27-7-11(23)4-19/h8-14,20,22-23H,3-7,19H2,1-2H3,(H,25,26)/t8-,9-,10+,11?,12+,13-,14-/m1/s1. The molecule has 3 aliphatic rings. The number of carboxylic acids is 1. The minimum atomic E-state index is -1.08. The number of hydrogen-bond acceptors (Lipinski definition) is 8. The Bertz CT molecular complexity index is 659. The second kappa shape index (κ2) is 8.93. The molecule has 0 bridgehead atoms. The molecule has 1 amide bonds. The molecule has 3 heterocycles. The lowest BCUT2D eigenvalue weighted by atomic mass is 9.79. The zero-order valence-electron chi connectivity index (χ0n) is 16.1. The van der Waals surface area contributed by atoms with Gasteiger partial charge in [0.1, 0.15) is 5.70 Å². The van der Waals surface area contributed by atoms with Crippen molar-refractivity contribution in [3.63, 3.8) is 0 Å². The average Bonchev–Trinajstić information content (AvgIpc) is 3.16. The zero-order valence-corrected chi connectivity index (χ0v) is 17.7. The normalized spacial score (nSPS) is 34.4. The number of rotatable bonds is 9. The lowest BCUT2D eigenvalue weighted by Gasteiger charge is -2.46. The van der Waals surface area contributed by atoms with Crippen molar-refractivity contribution in [2.75, 3.05) is 24.6 Å². The quantitative estimate of drug-likeness (QED) is 0.310. The van der Waals surface area contributed by atoms with E-state index >= 15 is 0 Å². The second-order valence-corrected chi connectivity index (χ2v) is 10.2. The molecule has 3 rings (SSSR count). The molecule has 7 atom stereocenters. The molecular formula is C18H29N3O5S2. The number of thioether (sulfide) groups is 2. The summed E-state index contributed by atoms with van der Waals surface area (Å²) >= 11 is 3.21. The molecule has 10 heteroatoms. The molecule has 2 fully saturated rings. The Morgan fingerprint density at radius 2 is 2.14 bits per heavy atom. The van der Waals surface area contributed by atoms with Crippen molar-refractivity contribution < 1.29 is 24.9 Å². The van der Waals surface area contributed by atoms with E-state index in [2.05, 4.69) is 5.32 Å². The van der Waals surface area contributed by atoms with Gasteiger partial charge in [-0.3, -0.25) is 4.79 Å². The van der Waals surface area contributed by atoms with Gasteiger partial charge in [0.05, 0.1) is 24.2 Å². The highest BCUT2D eigenvalue weighted by Crippen LogP contribution is 2.51. The molecule has 158 valence electrons. The number of carbonyl (C=O) groups excluding carboxylic acids is 1. The highest BCUT2D eigenvalue weighted by atomic mass is 32.2. The van der Waals surface area contributed by atoms with Crippen molar-refractivity contribution in [1.29, 1.82) is 0 Å². The monoisotopic (exact) mass is 431 g/mol. The molecule has 6 N–H and O–H groups in total. The van der Waals surface area contributed by atoms with Gasteiger partial charge in [0.2, 0.25) is 5.91 Å². The average molecular weight is 432 g/mol. The van der Waals surface area contributed by atoms with Crippen molar-refractivity contribution in [3.05, 3.63) is 10.6 Å². The molecule has 0 radical (unpaired) electrons. The summed E-state index contributed by atoms with van der Waals surface area (Å²) in [5.41, 5.74) is 5.51. The van der Waals surface area contributed by atoms with Crippen molar-refractivity contribution in [2.45, 2.75) is 49.8 Å². The van der Waals surface area contributed by atoms with E-state index < -0.39 is 24.1 Å². The molecule has 0 aromatic carbocycles. The maximum absolute atomic E-state index is 12.4. The number of hydrogen-bond donors (Lipinski definition) is 5. The van der Waals surface area contributed by atoms with Crippen LogP contribution in [0.2, 0.25) is 0 Å². The Kier molecular flexibility index (Phi) is 6.99. The molecule has 0 aromatic rings. The van der Waals surface area contributed by atoms with Gasteiger partial charge >= 0.3 is 5.97 Å². The van der Waals surface area contributed by atoms with Gasteiger partial charge in [-0.05, 0) is 13.3 Å². The fourth-order valence-electron chi connectivity index (χ4n) is 4.27. The zero-order chi connectivity index (χ0) is 20.6. The smallest absolute Gasteiger partial charge is 0.353 e. The first-order valence-corrected chi connectivity index (χ1v) is 11.6. The van der Waals surface area contributed by atoms with Gasteiger partial charge in [-0.1, -0.05) is 6.92 Å². The number of aliphatic carboxylic acids is 1. The largest absolute Gasteiger partial charge is 0.477 e. The summed E-state index contributed by atoms with van der Waals surface area (Å²) in [7, 11) is 0. The Hall–Kier alpha value is -0.780. The molecular weight excluding hydrogens is 402 g/mol. The highest BCUT2D eigenvalue weighted by molar-refractivity contribution is 8.03. The first kappa shape index (κ1) is 21.9. The van der Waals surface area contributed by atoms with Gasteiger partial charge in [-0.15, -0.1) is 11.8 Å². The molecule has 0 spiro atoms. The summed E-state index contributed by atoms with van der Waals surface area (Å²) in [6.45, 7) is 4.57. The summed E-state index contributed by atoms with van der Waals surface area (Å²) < 4.78 is 0. The van der Waals surface area contributed by atoms with Crippen LogP contribution in [0.15, 0.2) is 10.6 Å². The molecule has 0 saturated carbocycles. The summed E-state index contributed by atoms with van der Waals surface area (Å²) in [6.07, 6.45) is -0.366. The van der Waals surface area contributed by atoms with Gasteiger partial charge in [-0.2, -0.15) is 11.8 Å². The fourth-order valence-corrected chi connectivity index (χ4v) is 6.87. The van der Waals surface area contributed by atoms with Gasteiger partial charge in [0.25, 0.3) is 0 Å². The minimum Gasteiger partial charge on any atom is -0.477 e. The number of carboxylic acid groups (broad SMARTS) is 1. The van der Waals surface area contributed by atoms with Crippen LogP contribution in [0.4, 0.5) is 0 Å². The predicted molar refractivity (Wildman–Crippen MR) is 110 cm³/mol. The Labute approximate surface area is 173 Å². The number of amides is 1. The van der Waals surface area contributed by atoms with Crippen LogP contribution in [-0.4, -0.2) is 86.2 Å². The van der Waals surface area contributed by atoms with Crippen LogP contribution >= 0.6 is 23.5 Å². The van der Waals surface area contributed by atoms with Crippen LogP contribution < -0.4 is 11.1 Å². The third kappa shape index (κ3) is 4.08. The van der Waals surface area contributed by atoms with Crippen LogP contribution in [0, 0.1) is 11.8 Å². The van der Waals surface area contributed by atoms with E-state index in [0.29, 0.717) is 11.8 Å². The fraction of sp³-hybridized carbons (Fsp3) is 0.778. The lowest BCUT2D eigenvalue weighted by Crippen LogP contribution is -2.63. The Morgan fingerprint density at radius 1 is 1.43 bits per heavy atom. The number of fused-ring (bicyclic) bond motifs is 1. The number of β-lactam (4-membered cyclic amide) rings is 1. The number of aliphatic hydroxyl groups excluding tert-OH is 2. The number of nitrogens with one attached hydrogen (secondary N) is 1. The third-order valence-electron chi connectivity index (χ3n) is 5.69. The molecule has 3 aliphatic heterocycles. The molecule has 0 aliphatic carbocycles. The number of aliphatic hydroxyl groups is 2. The number of nitrogens with two attached hydrogens (primary N) is 1. The third-order valence-corrected chi connectivity index (χ3v) is 8.46. The van der Waals surface area contributed by atoms with Crippen LogP contribution in [0.1, 0.15) is 20.3 Å². The first-order valence-electron chi connectivity index (χ1n) is 9.60. The van der Waals surface area contributed by atoms with E-state index in [4.69, 9.17) is 5.73 Å². The maximum Gasteiger partial charge on any atom is 0.353 e. The van der Waals surface area contributed by atoms with Crippen molar-refractivity contribution >= 4 is 35.4 Å². The van der Waals surface area contributed by atoms with E-state index in [1.54, 1.807) is 30.4 Å². The van der Waals surface area contributed by atoms with Gasteiger partial charge in [0.15, 0.2) is 0 Å². The van der Waals surface area contributed by atoms with E-state index in [1.165, 1.54) is 4.90 Å². The van der Waals surface area contributed by atoms with Crippen LogP contribution in [0.25, 0.3) is 0 Å². The maximum atomic E-state index is 12.4. The number of nitrogens with zero attached hydrogens (tertiary/aromatic N) is 1. The summed E-state index contributed by atoms with van der Waals surface area (Å²) in [5.74, 6) is -0.521. The van der Waals surface area contributed by atoms with Crippen molar-refractivity contribution in [1.82, 2.24) is 10.2 Å². The predicted octanol–water partition coefficient (Wildman–Crippen LogP) is -0.343. The van der Waals surface area contributed by atoms with Crippen LogP contribution in [0.5, 0.6) is 0 Å². The lowest BCUT2D eigenvalue weighted by molar-refractivity contribution is -0.163. The van der Waals surface area contributed by atoms with E-state index in [0.717, 1.165) is 23.6 Å². The molecule has 1 unspecified atom stereocenters.